The Morgan fingerprint density at radius 3 is 2.81 bits per heavy atom. The molecule has 16 heavy (non-hydrogen) atoms. The van der Waals surface area contributed by atoms with Crippen molar-refractivity contribution in [1.82, 2.24) is 9.97 Å². The van der Waals surface area contributed by atoms with E-state index in [1.165, 1.54) is 11.8 Å². The van der Waals surface area contributed by atoms with Crippen LogP contribution < -0.4 is 0 Å². The molecule has 0 fully saturated rings. The summed E-state index contributed by atoms with van der Waals surface area (Å²) in [6.07, 6.45) is 3.45. The quantitative estimate of drug-likeness (QED) is 0.587. The van der Waals surface area contributed by atoms with Gasteiger partial charge in [-0.15, -0.1) is 11.8 Å². The van der Waals surface area contributed by atoms with Gasteiger partial charge in [0.1, 0.15) is 28.2 Å². The largest absolute Gasteiger partial charge is 0.463 e. The second kappa shape index (κ2) is 4.37. The van der Waals surface area contributed by atoms with Gasteiger partial charge in [0.25, 0.3) is 0 Å². The van der Waals surface area contributed by atoms with E-state index in [4.69, 9.17) is 9.68 Å². The standard InChI is InChI=1S/C11H9N3OS/c1-7-13-10(9-4-3-5-15-9)8(6-12)11(14-7)16-2/h3-5H,1-2H3. The van der Waals surface area contributed by atoms with Gasteiger partial charge in [0, 0.05) is 0 Å². The highest BCUT2D eigenvalue weighted by Crippen LogP contribution is 2.27. The van der Waals surface area contributed by atoms with Gasteiger partial charge in [-0.05, 0) is 25.3 Å². The lowest BCUT2D eigenvalue weighted by molar-refractivity contribution is 0.578. The number of aryl methyl sites for hydroxylation is 1. The third-order valence-corrected chi connectivity index (χ3v) is 2.73. The summed E-state index contributed by atoms with van der Waals surface area (Å²) >= 11 is 1.43. The van der Waals surface area contributed by atoms with Crippen LogP contribution in [0.15, 0.2) is 27.8 Å². The van der Waals surface area contributed by atoms with E-state index in [-0.39, 0.29) is 0 Å². The van der Waals surface area contributed by atoms with E-state index in [2.05, 4.69) is 16.0 Å². The highest BCUT2D eigenvalue weighted by Gasteiger charge is 2.15. The summed E-state index contributed by atoms with van der Waals surface area (Å²) in [6, 6.07) is 5.68. The molecule has 2 aromatic heterocycles. The highest BCUT2D eigenvalue weighted by atomic mass is 32.2. The van der Waals surface area contributed by atoms with Crippen molar-refractivity contribution in [2.24, 2.45) is 0 Å². The Bertz CT molecular complexity index is 543. The van der Waals surface area contributed by atoms with Crippen LogP contribution in [-0.2, 0) is 0 Å². The fourth-order valence-electron chi connectivity index (χ4n) is 1.39. The first-order valence-corrected chi connectivity index (χ1v) is 5.85. The SMILES string of the molecule is CSc1nc(C)nc(-c2ccco2)c1C#N. The van der Waals surface area contributed by atoms with E-state index >= 15 is 0 Å². The van der Waals surface area contributed by atoms with Gasteiger partial charge in [-0.3, -0.25) is 0 Å². The van der Waals surface area contributed by atoms with Crippen LogP contribution in [-0.4, -0.2) is 16.2 Å². The van der Waals surface area contributed by atoms with Gasteiger partial charge >= 0.3 is 0 Å². The maximum atomic E-state index is 9.14. The van der Waals surface area contributed by atoms with Crippen LogP contribution in [0.1, 0.15) is 11.4 Å². The van der Waals surface area contributed by atoms with Gasteiger partial charge in [0.05, 0.1) is 6.26 Å². The molecular weight excluding hydrogens is 222 g/mol. The predicted octanol–water partition coefficient (Wildman–Crippen LogP) is 2.64. The van der Waals surface area contributed by atoms with Gasteiger partial charge in [0.15, 0.2) is 5.76 Å². The maximum absolute atomic E-state index is 9.14. The number of hydrogen-bond donors (Lipinski definition) is 0. The third kappa shape index (κ3) is 1.79. The summed E-state index contributed by atoms with van der Waals surface area (Å²) in [7, 11) is 0. The number of hydrogen-bond acceptors (Lipinski definition) is 5. The van der Waals surface area contributed by atoms with Gasteiger partial charge < -0.3 is 4.42 Å². The Labute approximate surface area is 97.3 Å². The number of aromatic nitrogens is 2. The number of rotatable bonds is 2. The Morgan fingerprint density at radius 2 is 2.25 bits per heavy atom. The normalized spacial score (nSPS) is 10.1. The lowest BCUT2D eigenvalue weighted by Gasteiger charge is -2.05. The fourth-order valence-corrected chi connectivity index (χ4v) is 1.96. The second-order valence-corrected chi connectivity index (χ2v) is 3.89. The Hall–Kier alpha value is -1.80. The molecule has 0 atom stereocenters. The topological polar surface area (TPSA) is 62.7 Å². The monoisotopic (exact) mass is 231 g/mol. The Morgan fingerprint density at radius 1 is 1.44 bits per heavy atom. The average molecular weight is 231 g/mol. The van der Waals surface area contributed by atoms with E-state index in [0.717, 1.165) is 0 Å². The highest BCUT2D eigenvalue weighted by molar-refractivity contribution is 7.98. The van der Waals surface area contributed by atoms with Crippen molar-refractivity contribution in [1.29, 1.82) is 5.26 Å². The van der Waals surface area contributed by atoms with E-state index in [9.17, 15) is 0 Å². The summed E-state index contributed by atoms with van der Waals surface area (Å²) in [5.41, 5.74) is 1.03. The summed E-state index contributed by atoms with van der Waals surface area (Å²) in [5, 5.41) is 9.82. The van der Waals surface area contributed by atoms with Crippen LogP contribution in [0, 0.1) is 18.3 Å². The second-order valence-electron chi connectivity index (χ2n) is 3.09. The lowest BCUT2D eigenvalue weighted by Crippen LogP contribution is -1.98. The number of thioether (sulfide) groups is 1. The molecule has 0 saturated carbocycles. The summed E-state index contributed by atoms with van der Waals surface area (Å²) in [4.78, 5) is 8.48. The summed E-state index contributed by atoms with van der Waals surface area (Å²) in [5.74, 6) is 1.23. The molecule has 0 bridgehead atoms. The first-order chi connectivity index (χ1) is 7.76. The number of furan rings is 1. The predicted molar refractivity (Wildman–Crippen MR) is 61.0 cm³/mol. The molecule has 5 heteroatoms. The maximum Gasteiger partial charge on any atom is 0.153 e. The Kier molecular flexibility index (Phi) is 2.93. The molecule has 0 aliphatic carbocycles. The van der Waals surface area contributed by atoms with Crippen molar-refractivity contribution < 1.29 is 4.42 Å². The molecule has 0 aliphatic heterocycles. The van der Waals surface area contributed by atoms with E-state index in [0.29, 0.717) is 27.9 Å². The number of nitriles is 1. The first kappa shape index (κ1) is 10.7. The molecule has 0 radical (unpaired) electrons. The van der Waals surface area contributed by atoms with Crippen molar-refractivity contribution in [2.75, 3.05) is 6.26 Å². The molecule has 0 saturated heterocycles. The summed E-state index contributed by atoms with van der Waals surface area (Å²) in [6.45, 7) is 1.80. The van der Waals surface area contributed by atoms with Crippen molar-refractivity contribution in [2.45, 2.75) is 11.9 Å². The molecule has 0 aliphatic rings. The van der Waals surface area contributed by atoms with Crippen molar-refractivity contribution in [3.63, 3.8) is 0 Å². The molecule has 0 unspecified atom stereocenters. The molecule has 2 aromatic rings. The minimum atomic E-state index is 0.466. The lowest BCUT2D eigenvalue weighted by atomic mass is 10.2. The zero-order chi connectivity index (χ0) is 11.5. The molecular formula is C11H9N3OS. The number of nitrogens with zero attached hydrogens (tertiary/aromatic N) is 3. The molecule has 0 amide bonds. The van der Waals surface area contributed by atoms with Crippen molar-refractivity contribution >= 4 is 11.8 Å². The van der Waals surface area contributed by atoms with Crippen LogP contribution >= 0.6 is 11.8 Å². The zero-order valence-corrected chi connectivity index (χ0v) is 9.71. The third-order valence-electron chi connectivity index (χ3n) is 2.05. The Balaban J connectivity index is 2.69. The van der Waals surface area contributed by atoms with Crippen molar-refractivity contribution in [3.8, 4) is 17.5 Å². The van der Waals surface area contributed by atoms with Gasteiger partial charge in [-0.1, -0.05) is 0 Å². The minimum Gasteiger partial charge on any atom is -0.463 e. The van der Waals surface area contributed by atoms with Gasteiger partial charge in [0.2, 0.25) is 0 Å². The van der Waals surface area contributed by atoms with Crippen LogP contribution in [0.4, 0.5) is 0 Å². The summed E-state index contributed by atoms with van der Waals surface area (Å²) < 4.78 is 5.27. The molecule has 2 rings (SSSR count). The van der Waals surface area contributed by atoms with E-state index in [1.807, 2.05) is 6.26 Å². The first-order valence-electron chi connectivity index (χ1n) is 4.63. The van der Waals surface area contributed by atoms with Crippen LogP contribution in [0.25, 0.3) is 11.5 Å². The molecule has 80 valence electrons. The van der Waals surface area contributed by atoms with Crippen LogP contribution in [0.2, 0.25) is 0 Å². The van der Waals surface area contributed by atoms with Gasteiger partial charge in [-0.2, -0.15) is 5.26 Å². The average Bonchev–Trinajstić information content (AvgIpc) is 2.81. The fraction of sp³-hybridized carbons (Fsp3) is 0.182. The smallest absolute Gasteiger partial charge is 0.153 e. The van der Waals surface area contributed by atoms with E-state index < -0.39 is 0 Å². The zero-order valence-electron chi connectivity index (χ0n) is 8.89. The minimum absolute atomic E-state index is 0.466. The molecule has 4 nitrogen and oxygen atoms in total. The molecule has 0 aromatic carbocycles. The molecule has 0 N–H and O–H groups in total. The van der Waals surface area contributed by atoms with Crippen LogP contribution in [0.3, 0.4) is 0 Å². The molecule has 2 heterocycles. The molecule has 0 spiro atoms. The van der Waals surface area contributed by atoms with Crippen LogP contribution in [0.5, 0.6) is 0 Å². The van der Waals surface area contributed by atoms with Crippen molar-refractivity contribution in [3.05, 3.63) is 29.8 Å². The van der Waals surface area contributed by atoms with E-state index in [1.54, 1.807) is 25.3 Å². The van der Waals surface area contributed by atoms with Gasteiger partial charge in [-0.25, -0.2) is 9.97 Å².